The quantitative estimate of drug-likeness (QED) is 0.876. The van der Waals surface area contributed by atoms with E-state index < -0.39 is 0 Å². The Morgan fingerprint density at radius 3 is 2.35 bits per heavy atom. The Balaban J connectivity index is 2.00. The van der Waals surface area contributed by atoms with Gasteiger partial charge in [-0.25, -0.2) is 0 Å². The van der Waals surface area contributed by atoms with Crippen molar-refractivity contribution in [3.05, 3.63) is 29.8 Å². The van der Waals surface area contributed by atoms with E-state index in [-0.39, 0.29) is 23.8 Å². The lowest BCUT2D eigenvalue weighted by Gasteiger charge is -2.15. The fourth-order valence-electron chi connectivity index (χ4n) is 2.50. The summed E-state index contributed by atoms with van der Waals surface area (Å²) < 4.78 is 0. The lowest BCUT2D eigenvalue weighted by molar-refractivity contribution is -0.120. The molecule has 20 heavy (non-hydrogen) atoms. The molecule has 1 aromatic rings. The number of nitrogens with two attached hydrogens (primary N) is 1. The van der Waals surface area contributed by atoms with E-state index in [9.17, 15) is 9.59 Å². The Morgan fingerprint density at radius 1 is 1.20 bits per heavy atom. The van der Waals surface area contributed by atoms with Gasteiger partial charge in [-0.05, 0) is 37.1 Å². The molecule has 5 nitrogen and oxygen atoms in total. The van der Waals surface area contributed by atoms with Crippen LogP contribution >= 0.6 is 0 Å². The number of carbonyl (C=O) groups excluding carboxylic acids is 2. The normalized spacial score (nSPS) is 21.6. The highest BCUT2D eigenvalue weighted by molar-refractivity contribution is 5.96. The maximum absolute atomic E-state index is 12.1. The summed E-state index contributed by atoms with van der Waals surface area (Å²) in [6.07, 6.45) is 2.77. The zero-order chi connectivity index (χ0) is 14.7. The van der Waals surface area contributed by atoms with Gasteiger partial charge in [-0.1, -0.05) is 6.42 Å². The van der Waals surface area contributed by atoms with Crippen LogP contribution in [-0.4, -0.2) is 36.9 Å². The number of nitrogens with zero attached hydrogens (tertiary/aromatic N) is 1. The van der Waals surface area contributed by atoms with Crippen LogP contribution in [-0.2, 0) is 4.79 Å². The van der Waals surface area contributed by atoms with Gasteiger partial charge in [0.2, 0.25) is 5.91 Å². The third-order valence-corrected chi connectivity index (χ3v) is 3.71. The van der Waals surface area contributed by atoms with Gasteiger partial charge in [-0.15, -0.1) is 0 Å². The third-order valence-electron chi connectivity index (χ3n) is 3.71. The third kappa shape index (κ3) is 3.17. The van der Waals surface area contributed by atoms with Gasteiger partial charge in [-0.3, -0.25) is 9.59 Å². The minimum absolute atomic E-state index is 0.0262. The predicted octanol–water partition coefficient (Wildman–Crippen LogP) is 1.45. The summed E-state index contributed by atoms with van der Waals surface area (Å²) in [4.78, 5) is 25.4. The zero-order valence-electron chi connectivity index (χ0n) is 11.9. The molecule has 0 bridgehead atoms. The summed E-state index contributed by atoms with van der Waals surface area (Å²) >= 11 is 0. The molecular weight excluding hydrogens is 254 g/mol. The van der Waals surface area contributed by atoms with Crippen LogP contribution in [0.15, 0.2) is 24.3 Å². The Bertz CT molecular complexity index is 496. The summed E-state index contributed by atoms with van der Waals surface area (Å²) in [7, 11) is 3.42. The highest BCUT2D eigenvalue weighted by Crippen LogP contribution is 2.25. The molecule has 0 spiro atoms. The fourth-order valence-corrected chi connectivity index (χ4v) is 2.50. The maximum Gasteiger partial charge on any atom is 0.253 e. The van der Waals surface area contributed by atoms with Gasteiger partial charge in [0.1, 0.15) is 0 Å². The molecule has 1 saturated carbocycles. The molecule has 1 aromatic carbocycles. The van der Waals surface area contributed by atoms with Gasteiger partial charge in [0.25, 0.3) is 5.91 Å². The summed E-state index contributed by atoms with van der Waals surface area (Å²) in [6.45, 7) is 0. The zero-order valence-corrected chi connectivity index (χ0v) is 11.9. The number of nitrogens with one attached hydrogen (secondary N) is 1. The molecule has 0 saturated heterocycles. The summed E-state index contributed by atoms with van der Waals surface area (Å²) in [5, 5.41) is 2.87. The molecule has 2 atom stereocenters. The molecule has 0 radical (unpaired) electrons. The molecule has 1 aliphatic rings. The van der Waals surface area contributed by atoms with Crippen LogP contribution in [0.1, 0.15) is 29.6 Å². The first kappa shape index (κ1) is 14.5. The van der Waals surface area contributed by atoms with Crippen molar-refractivity contribution in [2.75, 3.05) is 19.4 Å². The van der Waals surface area contributed by atoms with Crippen molar-refractivity contribution in [1.29, 1.82) is 0 Å². The molecule has 2 rings (SSSR count). The lowest BCUT2D eigenvalue weighted by Crippen LogP contribution is -2.34. The van der Waals surface area contributed by atoms with Gasteiger partial charge in [0.15, 0.2) is 0 Å². The number of rotatable bonds is 3. The number of hydrogen-bond donors (Lipinski definition) is 2. The van der Waals surface area contributed by atoms with Crippen LogP contribution in [0.3, 0.4) is 0 Å². The topological polar surface area (TPSA) is 75.4 Å². The van der Waals surface area contributed by atoms with Crippen molar-refractivity contribution >= 4 is 17.5 Å². The minimum Gasteiger partial charge on any atom is -0.345 e. The van der Waals surface area contributed by atoms with E-state index in [1.165, 1.54) is 4.90 Å². The average molecular weight is 275 g/mol. The van der Waals surface area contributed by atoms with E-state index in [1.807, 2.05) is 0 Å². The molecule has 5 heteroatoms. The number of amides is 2. The molecular formula is C15H21N3O2. The second-order valence-electron chi connectivity index (χ2n) is 5.47. The second kappa shape index (κ2) is 6.05. The molecule has 108 valence electrons. The van der Waals surface area contributed by atoms with Crippen LogP contribution in [0.25, 0.3) is 0 Å². The first-order valence-corrected chi connectivity index (χ1v) is 6.87. The van der Waals surface area contributed by atoms with Gasteiger partial charge in [0, 0.05) is 31.4 Å². The van der Waals surface area contributed by atoms with Gasteiger partial charge in [0.05, 0.1) is 5.92 Å². The van der Waals surface area contributed by atoms with E-state index in [0.717, 1.165) is 19.3 Å². The summed E-state index contributed by atoms with van der Waals surface area (Å²) in [5.41, 5.74) is 7.22. The smallest absolute Gasteiger partial charge is 0.253 e. The average Bonchev–Trinajstić information content (AvgIpc) is 2.85. The van der Waals surface area contributed by atoms with Crippen molar-refractivity contribution in [1.82, 2.24) is 4.90 Å². The van der Waals surface area contributed by atoms with E-state index in [0.29, 0.717) is 11.3 Å². The molecule has 3 N–H and O–H groups in total. The van der Waals surface area contributed by atoms with Crippen molar-refractivity contribution in [3.8, 4) is 0 Å². The largest absolute Gasteiger partial charge is 0.345 e. The van der Waals surface area contributed by atoms with E-state index in [1.54, 1.807) is 38.4 Å². The Kier molecular flexibility index (Phi) is 4.39. The summed E-state index contributed by atoms with van der Waals surface area (Å²) in [5.74, 6) is -0.180. The highest BCUT2D eigenvalue weighted by atomic mass is 16.2. The number of benzene rings is 1. The lowest BCUT2D eigenvalue weighted by atomic mass is 10.0. The van der Waals surface area contributed by atoms with E-state index in [2.05, 4.69) is 5.32 Å². The SMILES string of the molecule is CN(C)C(=O)c1ccc(NC(=O)C2CCCC2N)cc1. The molecule has 2 unspecified atom stereocenters. The standard InChI is InChI=1S/C15H21N3O2/c1-18(2)15(20)10-6-8-11(9-7-10)17-14(19)12-4-3-5-13(12)16/h6-9,12-13H,3-5,16H2,1-2H3,(H,17,19). The van der Waals surface area contributed by atoms with Crippen LogP contribution in [0.5, 0.6) is 0 Å². The number of carbonyl (C=O) groups is 2. The number of hydrogen-bond acceptors (Lipinski definition) is 3. The van der Waals surface area contributed by atoms with Gasteiger partial charge >= 0.3 is 0 Å². The molecule has 1 aliphatic carbocycles. The Labute approximate surface area is 119 Å². The van der Waals surface area contributed by atoms with Crippen molar-refractivity contribution in [2.24, 2.45) is 11.7 Å². The van der Waals surface area contributed by atoms with Crippen molar-refractivity contribution in [3.63, 3.8) is 0 Å². The highest BCUT2D eigenvalue weighted by Gasteiger charge is 2.30. The molecule has 1 fully saturated rings. The van der Waals surface area contributed by atoms with E-state index >= 15 is 0 Å². The maximum atomic E-state index is 12.1. The minimum atomic E-state index is -0.0990. The first-order chi connectivity index (χ1) is 9.49. The predicted molar refractivity (Wildman–Crippen MR) is 78.4 cm³/mol. The van der Waals surface area contributed by atoms with Gasteiger partial charge in [-0.2, -0.15) is 0 Å². The Morgan fingerprint density at radius 2 is 1.85 bits per heavy atom. The van der Waals surface area contributed by atoms with Crippen molar-refractivity contribution < 1.29 is 9.59 Å². The first-order valence-electron chi connectivity index (χ1n) is 6.87. The van der Waals surface area contributed by atoms with E-state index in [4.69, 9.17) is 5.73 Å². The van der Waals surface area contributed by atoms with Gasteiger partial charge < -0.3 is 16.0 Å². The molecule has 0 aliphatic heterocycles. The van der Waals surface area contributed by atoms with Crippen LogP contribution in [0.4, 0.5) is 5.69 Å². The van der Waals surface area contributed by atoms with Crippen LogP contribution in [0.2, 0.25) is 0 Å². The monoisotopic (exact) mass is 275 g/mol. The Hall–Kier alpha value is -1.88. The molecule has 0 heterocycles. The molecule has 0 aromatic heterocycles. The number of anilines is 1. The fraction of sp³-hybridized carbons (Fsp3) is 0.467. The second-order valence-corrected chi connectivity index (χ2v) is 5.47. The van der Waals surface area contributed by atoms with Crippen LogP contribution in [0, 0.1) is 5.92 Å². The van der Waals surface area contributed by atoms with Crippen LogP contribution < -0.4 is 11.1 Å². The summed E-state index contributed by atoms with van der Waals surface area (Å²) in [6, 6.07) is 6.88. The van der Waals surface area contributed by atoms with Crippen molar-refractivity contribution in [2.45, 2.75) is 25.3 Å². The molecule has 2 amide bonds.